The van der Waals surface area contributed by atoms with Crippen LogP contribution in [0.15, 0.2) is 48.5 Å². The molecule has 0 atom stereocenters. The first-order valence-electron chi connectivity index (χ1n) is 7.85. The van der Waals surface area contributed by atoms with E-state index in [0.717, 1.165) is 44.3 Å². The molecular weight excluding hydrogens is 296 g/mol. The zero-order valence-electron chi connectivity index (χ0n) is 13.7. The van der Waals surface area contributed by atoms with Crippen LogP contribution in [0.25, 0.3) is 32.9 Å². The summed E-state index contributed by atoms with van der Waals surface area (Å²) >= 11 is 0. The molecule has 0 radical (unpaired) electrons. The van der Waals surface area contributed by atoms with Crippen LogP contribution in [0.4, 0.5) is 11.4 Å². The fraction of sp³-hybridized carbons (Fsp3) is 0.100. The van der Waals surface area contributed by atoms with Crippen molar-refractivity contribution in [3.63, 3.8) is 0 Å². The van der Waals surface area contributed by atoms with E-state index in [1.54, 1.807) is 0 Å². The molecule has 0 fully saturated rings. The van der Waals surface area contributed by atoms with Gasteiger partial charge in [0, 0.05) is 22.2 Å². The molecule has 2 aromatic carbocycles. The van der Waals surface area contributed by atoms with Gasteiger partial charge < -0.3 is 11.5 Å². The third kappa shape index (κ3) is 2.33. The molecule has 2 heterocycles. The van der Waals surface area contributed by atoms with Gasteiger partial charge in [0.05, 0.1) is 22.4 Å². The molecule has 118 valence electrons. The third-order valence-corrected chi connectivity index (χ3v) is 4.26. The molecule has 2 aromatic heterocycles. The Labute approximate surface area is 140 Å². The molecule has 4 aromatic rings. The highest BCUT2D eigenvalue weighted by Crippen LogP contribution is 2.32. The van der Waals surface area contributed by atoms with E-state index in [9.17, 15) is 0 Å². The van der Waals surface area contributed by atoms with Crippen molar-refractivity contribution in [3.05, 3.63) is 59.9 Å². The van der Waals surface area contributed by atoms with E-state index in [1.807, 2.05) is 50.2 Å². The first-order chi connectivity index (χ1) is 11.5. The van der Waals surface area contributed by atoms with Gasteiger partial charge in [-0.05, 0) is 61.4 Å². The van der Waals surface area contributed by atoms with Gasteiger partial charge in [-0.3, -0.25) is 9.97 Å². The Morgan fingerprint density at radius 1 is 0.625 bits per heavy atom. The molecule has 0 unspecified atom stereocenters. The molecule has 0 bridgehead atoms. The molecule has 4 heteroatoms. The lowest BCUT2D eigenvalue weighted by atomic mass is 9.99. The van der Waals surface area contributed by atoms with E-state index >= 15 is 0 Å². The zero-order valence-corrected chi connectivity index (χ0v) is 13.7. The van der Waals surface area contributed by atoms with Gasteiger partial charge in [-0.2, -0.15) is 0 Å². The second-order valence-electron chi connectivity index (χ2n) is 6.18. The Kier molecular flexibility index (Phi) is 3.13. The smallest absolute Gasteiger partial charge is 0.0934 e. The summed E-state index contributed by atoms with van der Waals surface area (Å²) in [4.78, 5) is 9.05. The topological polar surface area (TPSA) is 77.8 Å². The van der Waals surface area contributed by atoms with Gasteiger partial charge in [0.25, 0.3) is 0 Å². The van der Waals surface area contributed by atoms with Crippen LogP contribution in [0, 0.1) is 13.8 Å². The van der Waals surface area contributed by atoms with Gasteiger partial charge >= 0.3 is 0 Å². The van der Waals surface area contributed by atoms with Crippen molar-refractivity contribution in [2.45, 2.75) is 13.8 Å². The summed E-state index contributed by atoms with van der Waals surface area (Å²) in [5, 5.41) is 2.05. The maximum atomic E-state index is 6.23. The van der Waals surface area contributed by atoms with Crippen molar-refractivity contribution in [2.75, 3.05) is 11.5 Å². The molecule has 0 amide bonds. The van der Waals surface area contributed by atoms with Gasteiger partial charge in [0.2, 0.25) is 0 Å². The summed E-state index contributed by atoms with van der Waals surface area (Å²) in [6.07, 6.45) is 0. The maximum absolute atomic E-state index is 6.23. The highest BCUT2D eigenvalue weighted by molar-refractivity contribution is 5.98. The highest BCUT2D eigenvalue weighted by Gasteiger charge is 2.09. The van der Waals surface area contributed by atoms with E-state index in [1.165, 1.54) is 0 Å². The van der Waals surface area contributed by atoms with Gasteiger partial charge in [0.15, 0.2) is 0 Å². The number of hydrogen-bond acceptors (Lipinski definition) is 4. The number of hydrogen-bond donors (Lipinski definition) is 2. The average molecular weight is 314 g/mol. The second kappa shape index (κ2) is 5.20. The number of nitrogen functional groups attached to an aromatic ring is 2. The number of benzene rings is 2. The molecule has 0 saturated heterocycles. The summed E-state index contributed by atoms with van der Waals surface area (Å²) in [5.41, 5.74) is 19.4. The van der Waals surface area contributed by atoms with Crippen molar-refractivity contribution in [3.8, 4) is 11.1 Å². The predicted octanol–water partition coefficient (Wildman–Crippen LogP) is 4.23. The predicted molar refractivity (Wildman–Crippen MR) is 101 cm³/mol. The number of aromatic nitrogens is 2. The fourth-order valence-electron chi connectivity index (χ4n) is 3.05. The van der Waals surface area contributed by atoms with Crippen molar-refractivity contribution in [1.82, 2.24) is 9.97 Å². The van der Waals surface area contributed by atoms with E-state index in [4.69, 9.17) is 11.5 Å². The van der Waals surface area contributed by atoms with Crippen LogP contribution in [-0.4, -0.2) is 9.97 Å². The van der Waals surface area contributed by atoms with E-state index in [-0.39, 0.29) is 0 Å². The van der Waals surface area contributed by atoms with Crippen LogP contribution in [0.2, 0.25) is 0 Å². The SMILES string of the molecule is Cc1ccc2cc(-c3cc(N)c4nc(C)ccc4c3)cc(N)c2n1. The minimum Gasteiger partial charge on any atom is -0.397 e. The van der Waals surface area contributed by atoms with Crippen LogP contribution in [0.1, 0.15) is 11.4 Å². The standard InChI is InChI=1S/C20H18N4/c1-11-3-5-13-7-15(9-17(21)19(13)23-11)16-8-14-6-4-12(2)24-20(14)18(22)10-16/h3-10H,21-22H2,1-2H3. The summed E-state index contributed by atoms with van der Waals surface area (Å²) < 4.78 is 0. The largest absolute Gasteiger partial charge is 0.397 e. The van der Waals surface area contributed by atoms with E-state index in [0.29, 0.717) is 11.4 Å². The minimum absolute atomic E-state index is 0.673. The molecular formula is C20H18N4. The molecule has 0 spiro atoms. The number of pyridine rings is 2. The lowest BCUT2D eigenvalue weighted by Crippen LogP contribution is -1.95. The second-order valence-corrected chi connectivity index (χ2v) is 6.18. The molecule has 0 aliphatic carbocycles. The van der Waals surface area contributed by atoms with Gasteiger partial charge in [-0.1, -0.05) is 12.1 Å². The van der Waals surface area contributed by atoms with Crippen molar-refractivity contribution in [1.29, 1.82) is 0 Å². The molecule has 24 heavy (non-hydrogen) atoms. The lowest BCUT2D eigenvalue weighted by molar-refractivity contribution is 1.25. The van der Waals surface area contributed by atoms with E-state index < -0.39 is 0 Å². The quantitative estimate of drug-likeness (QED) is 0.515. The van der Waals surface area contributed by atoms with Gasteiger partial charge in [-0.25, -0.2) is 0 Å². The highest BCUT2D eigenvalue weighted by atomic mass is 14.7. The minimum atomic E-state index is 0.673. The number of anilines is 2. The number of nitrogens with zero attached hydrogens (tertiary/aromatic N) is 2. The maximum Gasteiger partial charge on any atom is 0.0934 e. The number of rotatable bonds is 1. The Balaban J connectivity index is 1.95. The molecule has 0 saturated carbocycles. The number of nitrogens with two attached hydrogens (primary N) is 2. The average Bonchev–Trinajstić information content (AvgIpc) is 2.56. The van der Waals surface area contributed by atoms with Crippen LogP contribution in [0.3, 0.4) is 0 Å². The van der Waals surface area contributed by atoms with Gasteiger partial charge in [-0.15, -0.1) is 0 Å². The molecule has 0 aliphatic heterocycles. The number of fused-ring (bicyclic) bond motifs is 2. The fourth-order valence-corrected chi connectivity index (χ4v) is 3.05. The van der Waals surface area contributed by atoms with Crippen molar-refractivity contribution < 1.29 is 0 Å². The Bertz CT molecular complexity index is 1010. The summed E-state index contributed by atoms with van der Waals surface area (Å²) in [6, 6.07) is 16.2. The Morgan fingerprint density at radius 2 is 1.04 bits per heavy atom. The van der Waals surface area contributed by atoms with Crippen LogP contribution < -0.4 is 11.5 Å². The first kappa shape index (κ1) is 14.5. The molecule has 4 nitrogen and oxygen atoms in total. The first-order valence-corrected chi connectivity index (χ1v) is 7.85. The molecule has 4 N–H and O–H groups in total. The van der Waals surface area contributed by atoms with Crippen molar-refractivity contribution >= 4 is 33.2 Å². The summed E-state index contributed by atoms with van der Waals surface area (Å²) in [7, 11) is 0. The Morgan fingerprint density at radius 3 is 1.46 bits per heavy atom. The van der Waals surface area contributed by atoms with Gasteiger partial charge in [0.1, 0.15) is 0 Å². The lowest BCUT2D eigenvalue weighted by Gasteiger charge is -2.10. The third-order valence-electron chi connectivity index (χ3n) is 4.26. The molecule has 0 aliphatic rings. The monoisotopic (exact) mass is 314 g/mol. The normalized spacial score (nSPS) is 11.2. The van der Waals surface area contributed by atoms with Crippen molar-refractivity contribution in [2.24, 2.45) is 0 Å². The zero-order chi connectivity index (χ0) is 16.8. The van der Waals surface area contributed by atoms with Crippen LogP contribution in [-0.2, 0) is 0 Å². The molecule has 4 rings (SSSR count). The summed E-state index contributed by atoms with van der Waals surface area (Å²) in [5.74, 6) is 0. The van der Waals surface area contributed by atoms with Crippen LogP contribution in [0.5, 0.6) is 0 Å². The Hall–Kier alpha value is -3.14. The summed E-state index contributed by atoms with van der Waals surface area (Å²) in [6.45, 7) is 3.93. The van der Waals surface area contributed by atoms with Crippen LogP contribution >= 0.6 is 0 Å². The number of aryl methyl sites for hydroxylation is 2. The van der Waals surface area contributed by atoms with E-state index in [2.05, 4.69) is 22.1 Å².